The average Bonchev–Trinajstić information content (AvgIpc) is 3.18. The van der Waals surface area contributed by atoms with Gasteiger partial charge in [-0.3, -0.25) is 4.79 Å². The molecule has 3 fully saturated rings. The van der Waals surface area contributed by atoms with E-state index in [4.69, 9.17) is 13.9 Å². The molecule has 142 valence electrons. The number of ether oxygens (including phenoxy) is 2. The smallest absolute Gasteiger partial charge is 0.311 e. The Morgan fingerprint density at radius 1 is 1.38 bits per heavy atom. The maximum Gasteiger partial charge on any atom is 0.311 e. The summed E-state index contributed by atoms with van der Waals surface area (Å²) < 4.78 is 17.2. The third kappa shape index (κ3) is 1.81. The molecule has 1 aliphatic heterocycles. The Balaban J connectivity index is 1.64. The number of carbonyl (C=O) groups is 1. The highest BCUT2D eigenvalue weighted by molar-refractivity contribution is 5.77. The number of hydrogen-bond acceptors (Lipinski definition) is 5. The normalized spacial score (nSPS) is 49.1. The van der Waals surface area contributed by atoms with Crippen LogP contribution in [0.2, 0.25) is 0 Å². The molecule has 4 aliphatic rings. The number of furan rings is 1. The second-order valence-electron chi connectivity index (χ2n) is 9.18. The van der Waals surface area contributed by atoms with Crippen molar-refractivity contribution in [2.75, 3.05) is 7.11 Å². The zero-order valence-electron chi connectivity index (χ0n) is 15.7. The van der Waals surface area contributed by atoms with Crippen LogP contribution in [-0.2, 0) is 20.7 Å². The lowest BCUT2D eigenvalue weighted by Gasteiger charge is -2.59. The van der Waals surface area contributed by atoms with E-state index in [9.17, 15) is 9.90 Å². The first-order chi connectivity index (χ1) is 12.4. The molecule has 5 rings (SSSR count). The zero-order valence-corrected chi connectivity index (χ0v) is 15.7. The molecular weight excluding hydrogens is 332 g/mol. The number of esters is 1. The van der Waals surface area contributed by atoms with E-state index in [1.165, 1.54) is 12.7 Å². The van der Waals surface area contributed by atoms with Gasteiger partial charge in [-0.2, -0.15) is 0 Å². The summed E-state index contributed by atoms with van der Waals surface area (Å²) in [4.78, 5) is 12.8. The van der Waals surface area contributed by atoms with Crippen LogP contribution in [0.3, 0.4) is 0 Å². The number of carbonyl (C=O) groups excluding carboxylic acids is 1. The molecule has 5 heteroatoms. The van der Waals surface area contributed by atoms with Crippen molar-refractivity contribution in [1.82, 2.24) is 0 Å². The van der Waals surface area contributed by atoms with Gasteiger partial charge < -0.3 is 19.0 Å². The lowest BCUT2D eigenvalue weighted by Crippen LogP contribution is -2.61. The second kappa shape index (κ2) is 5.35. The van der Waals surface area contributed by atoms with Gasteiger partial charge in [-0.15, -0.1) is 0 Å². The fourth-order valence-electron chi connectivity index (χ4n) is 7.40. The Morgan fingerprint density at radius 3 is 2.96 bits per heavy atom. The topological polar surface area (TPSA) is 68.9 Å². The predicted molar refractivity (Wildman–Crippen MR) is 93.2 cm³/mol. The first kappa shape index (κ1) is 16.8. The van der Waals surface area contributed by atoms with Crippen LogP contribution < -0.4 is 0 Å². The fraction of sp³-hybridized carbons (Fsp3) is 0.762. The molecular formula is C21H28O5. The zero-order chi connectivity index (χ0) is 18.3. The molecule has 1 N–H and O–H groups in total. The number of aliphatic hydroxyl groups excluding tert-OH is 1. The summed E-state index contributed by atoms with van der Waals surface area (Å²) in [7, 11) is 1.47. The Morgan fingerprint density at radius 2 is 2.19 bits per heavy atom. The van der Waals surface area contributed by atoms with Crippen molar-refractivity contribution >= 4 is 5.97 Å². The minimum Gasteiger partial charge on any atom is -0.469 e. The molecule has 3 aliphatic carbocycles. The summed E-state index contributed by atoms with van der Waals surface area (Å²) >= 11 is 0. The van der Waals surface area contributed by atoms with Crippen LogP contribution in [0.1, 0.15) is 56.8 Å². The van der Waals surface area contributed by atoms with Gasteiger partial charge in [0, 0.05) is 17.8 Å². The van der Waals surface area contributed by atoms with Crippen molar-refractivity contribution < 1.29 is 23.8 Å². The Labute approximate surface area is 154 Å². The summed E-state index contributed by atoms with van der Waals surface area (Å²) in [6.45, 7) is 4.30. The van der Waals surface area contributed by atoms with Gasteiger partial charge in [0.2, 0.25) is 0 Å². The van der Waals surface area contributed by atoms with Crippen molar-refractivity contribution in [1.29, 1.82) is 0 Å². The number of methoxy groups -OCH3 is 1. The molecule has 2 heterocycles. The molecule has 1 aromatic heterocycles. The van der Waals surface area contributed by atoms with E-state index in [1.54, 1.807) is 6.26 Å². The van der Waals surface area contributed by atoms with Gasteiger partial charge in [-0.05, 0) is 55.6 Å². The van der Waals surface area contributed by atoms with Crippen LogP contribution in [0.15, 0.2) is 16.7 Å². The van der Waals surface area contributed by atoms with E-state index in [0.29, 0.717) is 11.8 Å². The minimum absolute atomic E-state index is 0.0103. The van der Waals surface area contributed by atoms with Crippen molar-refractivity contribution in [2.45, 2.75) is 64.3 Å². The number of aliphatic hydroxyl groups is 1. The second-order valence-corrected chi connectivity index (χ2v) is 9.18. The maximum atomic E-state index is 12.8. The van der Waals surface area contributed by atoms with Crippen molar-refractivity contribution in [2.24, 2.45) is 28.6 Å². The molecule has 0 radical (unpaired) electrons. The highest BCUT2D eigenvalue weighted by atomic mass is 16.6. The number of rotatable bonds is 1. The Bertz CT molecular complexity index is 741. The van der Waals surface area contributed by atoms with E-state index in [1.807, 2.05) is 6.92 Å². The SMILES string of the molecule is COC(=O)[C@]1(C)CCC[C@]23C(O)O[C@H](C[C@H]4[C@@H](C)c5ccoc5C[C@@H]42)[C@H]31. The summed E-state index contributed by atoms with van der Waals surface area (Å²) in [5.74, 6) is 2.03. The third-order valence-electron chi connectivity index (χ3n) is 8.39. The standard InChI is InChI=1S/C21H28O5/c1-11-12-5-8-25-15(12)10-14-13(11)9-16-17-20(2,18(22)24-3)6-4-7-21(14,17)19(23)26-16/h5,8,11,13-14,16-17,19,23H,4,6-7,9-10H2,1-3H3/t11-,13-,14-,16+,17-,19?,20+,21-/m0/s1. The average molecular weight is 360 g/mol. The lowest BCUT2D eigenvalue weighted by molar-refractivity contribution is -0.184. The van der Waals surface area contributed by atoms with E-state index in [2.05, 4.69) is 13.0 Å². The van der Waals surface area contributed by atoms with Gasteiger partial charge >= 0.3 is 5.97 Å². The van der Waals surface area contributed by atoms with Crippen molar-refractivity contribution in [3.05, 3.63) is 23.7 Å². The van der Waals surface area contributed by atoms with E-state index in [0.717, 1.165) is 37.9 Å². The molecule has 1 aromatic rings. The first-order valence-electron chi connectivity index (χ1n) is 9.91. The van der Waals surface area contributed by atoms with Crippen molar-refractivity contribution in [3.63, 3.8) is 0 Å². The summed E-state index contributed by atoms with van der Waals surface area (Å²) in [5.41, 5.74) is 0.335. The first-order valence-corrected chi connectivity index (χ1v) is 9.91. The molecule has 5 nitrogen and oxygen atoms in total. The number of hydrogen-bond donors (Lipinski definition) is 1. The van der Waals surface area contributed by atoms with E-state index in [-0.39, 0.29) is 29.3 Å². The van der Waals surface area contributed by atoms with Gasteiger partial charge in [0.1, 0.15) is 5.76 Å². The molecule has 0 aromatic carbocycles. The molecule has 2 saturated carbocycles. The molecule has 0 amide bonds. The molecule has 1 saturated heterocycles. The van der Waals surface area contributed by atoms with Crippen LogP contribution in [0.25, 0.3) is 0 Å². The molecule has 2 bridgehead atoms. The molecule has 1 unspecified atom stereocenters. The molecule has 26 heavy (non-hydrogen) atoms. The minimum atomic E-state index is -0.805. The highest BCUT2D eigenvalue weighted by Crippen LogP contribution is 2.70. The quantitative estimate of drug-likeness (QED) is 0.779. The van der Waals surface area contributed by atoms with Crippen LogP contribution in [-0.4, -0.2) is 30.6 Å². The van der Waals surface area contributed by atoms with E-state index >= 15 is 0 Å². The van der Waals surface area contributed by atoms with Gasteiger partial charge in [0.05, 0.1) is 24.9 Å². The van der Waals surface area contributed by atoms with Crippen LogP contribution >= 0.6 is 0 Å². The molecule has 8 atom stereocenters. The van der Waals surface area contributed by atoms with Gasteiger partial charge in [-0.25, -0.2) is 0 Å². The number of fused-ring (bicyclic) bond motifs is 2. The van der Waals surface area contributed by atoms with Gasteiger partial charge in [-0.1, -0.05) is 13.3 Å². The van der Waals surface area contributed by atoms with E-state index < -0.39 is 11.7 Å². The van der Waals surface area contributed by atoms with Crippen LogP contribution in [0.5, 0.6) is 0 Å². The summed E-state index contributed by atoms with van der Waals surface area (Å²) in [6, 6.07) is 2.10. The van der Waals surface area contributed by atoms with Gasteiger partial charge in [0.25, 0.3) is 0 Å². The Kier molecular flexibility index (Phi) is 3.46. The summed E-state index contributed by atoms with van der Waals surface area (Å²) in [5, 5.41) is 11.1. The van der Waals surface area contributed by atoms with Crippen molar-refractivity contribution in [3.8, 4) is 0 Å². The largest absolute Gasteiger partial charge is 0.469 e. The lowest BCUT2D eigenvalue weighted by atomic mass is 9.43. The summed E-state index contributed by atoms with van der Waals surface area (Å²) in [6.07, 6.45) is 5.26. The Hall–Kier alpha value is -1.33. The fourth-order valence-corrected chi connectivity index (χ4v) is 7.40. The highest BCUT2D eigenvalue weighted by Gasteiger charge is 2.72. The predicted octanol–water partition coefficient (Wildman–Crippen LogP) is 3.26. The van der Waals surface area contributed by atoms with Crippen LogP contribution in [0.4, 0.5) is 0 Å². The monoisotopic (exact) mass is 360 g/mol. The maximum absolute atomic E-state index is 12.8. The van der Waals surface area contributed by atoms with Gasteiger partial charge in [0.15, 0.2) is 6.29 Å². The third-order valence-corrected chi connectivity index (χ3v) is 8.39. The van der Waals surface area contributed by atoms with Crippen LogP contribution in [0, 0.1) is 28.6 Å². The molecule has 0 spiro atoms.